The van der Waals surface area contributed by atoms with Crippen molar-refractivity contribution in [2.75, 3.05) is 26.2 Å². The standard InChI is InChI=1S/C12H24N2O4S/c1-3-18-12(15)5-4-8-13-19(16,17)14-9-6-11(2)7-10-14/h11,13H,3-10H2,1-2H3. The minimum atomic E-state index is -3.39. The highest BCUT2D eigenvalue weighted by atomic mass is 32.2. The zero-order chi connectivity index (χ0) is 14.3. The summed E-state index contributed by atoms with van der Waals surface area (Å²) in [4.78, 5) is 11.1. The molecule has 0 aromatic heterocycles. The third-order valence-corrected chi connectivity index (χ3v) is 4.84. The van der Waals surface area contributed by atoms with Crippen LogP contribution >= 0.6 is 0 Å². The Morgan fingerprint density at radius 2 is 2.00 bits per heavy atom. The second kappa shape index (κ2) is 7.81. The molecule has 1 saturated heterocycles. The number of carbonyl (C=O) groups excluding carboxylic acids is 1. The van der Waals surface area contributed by atoms with E-state index < -0.39 is 10.2 Å². The van der Waals surface area contributed by atoms with Crippen LogP contribution < -0.4 is 4.72 Å². The second-order valence-electron chi connectivity index (χ2n) is 4.89. The van der Waals surface area contributed by atoms with E-state index in [0.29, 0.717) is 32.0 Å². The lowest BCUT2D eigenvalue weighted by Gasteiger charge is -2.29. The number of nitrogens with zero attached hydrogens (tertiary/aromatic N) is 1. The first kappa shape index (κ1) is 16.4. The Morgan fingerprint density at radius 3 is 2.58 bits per heavy atom. The molecular formula is C12H24N2O4S. The van der Waals surface area contributed by atoms with E-state index in [2.05, 4.69) is 11.6 Å². The fourth-order valence-corrected chi connectivity index (χ4v) is 3.26. The number of hydrogen-bond acceptors (Lipinski definition) is 4. The minimum Gasteiger partial charge on any atom is -0.466 e. The van der Waals surface area contributed by atoms with E-state index in [1.165, 1.54) is 4.31 Å². The predicted molar refractivity (Wildman–Crippen MR) is 72.8 cm³/mol. The Balaban J connectivity index is 2.25. The molecular weight excluding hydrogens is 268 g/mol. The lowest BCUT2D eigenvalue weighted by molar-refractivity contribution is -0.143. The van der Waals surface area contributed by atoms with Gasteiger partial charge in [0.05, 0.1) is 6.61 Å². The average molecular weight is 292 g/mol. The van der Waals surface area contributed by atoms with E-state index in [1.54, 1.807) is 6.92 Å². The van der Waals surface area contributed by atoms with Crippen LogP contribution in [-0.4, -0.2) is 44.9 Å². The van der Waals surface area contributed by atoms with Gasteiger partial charge in [0.2, 0.25) is 0 Å². The molecule has 0 spiro atoms. The molecule has 7 heteroatoms. The van der Waals surface area contributed by atoms with Gasteiger partial charge in [-0.2, -0.15) is 12.7 Å². The number of carbonyl (C=O) groups is 1. The van der Waals surface area contributed by atoms with Gasteiger partial charge in [0.25, 0.3) is 10.2 Å². The quantitative estimate of drug-likeness (QED) is 0.558. The van der Waals surface area contributed by atoms with Crippen molar-refractivity contribution in [2.24, 2.45) is 5.92 Å². The van der Waals surface area contributed by atoms with Crippen LogP contribution in [0.15, 0.2) is 0 Å². The number of esters is 1. The molecule has 0 amide bonds. The molecule has 1 N–H and O–H groups in total. The van der Waals surface area contributed by atoms with Crippen LogP contribution in [0.1, 0.15) is 39.5 Å². The maximum atomic E-state index is 12.0. The SMILES string of the molecule is CCOC(=O)CCCNS(=O)(=O)N1CCC(C)CC1. The highest BCUT2D eigenvalue weighted by Gasteiger charge is 2.25. The topological polar surface area (TPSA) is 75.7 Å². The van der Waals surface area contributed by atoms with E-state index >= 15 is 0 Å². The van der Waals surface area contributed by atoms with Crippen molar-refractivity contribution >= 4 is 16.2 Å². The molecule has 0 aliphatic carbocycles. The molecule has 1 rings (SSSR count). The Labute approximate surface area is 115 Å². The van der Waals surface area contributed by atoms with Crippen molar-refractivity contribution in [2.45, 2.75) is 39.5 Å². The van der Waals surface area contributed by atoms with Crippen LogP contribution in [0.4, 0.5) is 0 Å². The molecule has 1 fully saturated rings. The van der Waals surface area contributed by atoms with Crippen LogP contribution in [0.2, 0.25) is 0 Å². The van der Waals surface area contributed by atoms with Crippen molar-refractivity contribution in [1.82, 2.24) is 9.03 Å². The molecule has 0 aromatic carbocycles. The summed E-state index contributed by atoms with van der Waals surface area (Å²) in [6.45, 7) is 5.67. The van der Waals surface area contributed by atoms with E-state index in [1.807, 2.05) is 0 Å². The number of ether oxygens (including phenoxy) is 1. The van der Waals surface area contributed by atoms with E-state index in [0.717, 1.165) is 12.8 Å². The molecule has 0 saturated carbocycles. The lowest BCUT2D eigenvalue weighted by Crippen LogP contribution is -2.45. The number of piperidine rings is 1. The highest BCUT2D eigenvalue weighted by molar-refractivity contribution is 7.87. The maximum Gasteiger partial charge on any atom is 0.305 e. The summed E-state index contributed by atoms with van der Waals surface area (Å²) in [6.07, 6.45) is 2.52. The number of rotatable bonds is 7. The van der Waals surface area contributed by atoms with Crippen LogP contribution in [0.3, 0.4) is 0 Å². The molecule has 6 nitrogen and oxygen atoms in total. The monoisotopic (exact) mass is 292 g/mol. The van der Waals surface area contributed by atoms with E-state index in [9.17, 15) is 13.2 Å². The molecule has 0 atom stereocenters. The first-order valence-electron chi connectivity index (χ1n) is 6.86. The average Bonchev–Trinajstić information content (AvgIpc) is 2.36. The first-order valence-corrected chi connectivity index (χ1v) is 8.30. The normalized spacial score (nSPS) is 18.4. The van der Waals surface area contributed by atoms with Crippen molar-refractivity contribution in [1.29, 1.82) is 0 Å². The lowest BCUT2D eigenvalue weighted by atomic mass is 10.0. The van der Waals surface area contributed by atoms with Crippen molar-refractivity contribution in [3.8, 4) is 0 Å². The third kappa shape index (κ3) is 5.88. The van der Waals surface area contributed by atoms with Gasteiger partial charge < -0.3 is 4.74 Å². The third-order valence-electron chi connectivity index (χ3n) is 3.23. The summed E-state index contributed by atoms with van der Waals surface area (Å²) >= 11 is 0. The fraction of sp³-hybridized carbons (Fsp3) is 0.917. The molecule has 0 unspecified atom stereocenters. The van der Waals surface area contributed by atoms with Crippen molar-refractivity contribution < 1.29 is 17.9 Å². The molecule has 19 heavy (non-hydrogen) atoms. The molecule has 0 bridgehead atoms. The van der Waals surface area contributed by atoms with Gasteiger partial charge >= 0.3 is 5.97 Å². The summed E-state index contributed by atoms with van der Waals surface area (Å²) in [6, 6.07) is 0. The minimum absolute atomic E-state index is 0.243. The fourth-order valence-electron chi connectivity index (χ4n) is 1.98. The van der Waals surface area contributed by atoms with Crippen molar-refractivity contribution in [3.63, 3.8) is 0 Å². The van der Waals surface area contributed by atoms with E-state index in [4.69, 9.17) is 4.74 Å². The Hall–Kier alpha value is -0.660. The molecule has 0 radical (unpaired) electrons. The van der Waals surface area contributed by atoms with Gasteiger partial charge in [0, 0.05) is 26.1 Å². The summed E-state index contributed by atoms with van der Waals surface area (Å²) in [5.74, 6) is 0.309. The number of nitrogens with one attached hydrogen (secondary N) is 1. The van der Waals surface area contributed by atoms with Gasteiger partial charge in [-0.25, -0.2) is 4.72 Å². The predicted octanol–water partition coefficient (Wildman–Crippen LogP) is 0.896. The maximum absolute atomic E-state index is 12.0. The van der Waals surface area contributed by atoms with Crippen LogP contribution in [0.5, 0.6) is 0 Å². The molecule has 112 valence electrons. The van der Waals surface area contributed by atoms with Gasteiger partial charge in [-0.3, -0.25) is 4.79 Å². The molecule has 1 aliphatic heterocycles. The van der Waals surface area contributed by atoms with Gasteiger partial charge in [-0.15, -0.1) is 0 Å². The zero-order valence-electron chi connectivity index (χ0n) is 11.7. The summed E-state index contributed by atoms with van der Waals surface area (Å²) in [5.41, 5.74) is 0. The van der Waals surface area contributed by atoms with Gasteiger partial charge in [0.1, 0.15) is 0 Å². The summed E-state index contributed by atoms with van der Waals surface area (Å²) < 4.78 is 32.7. The van der Waals surface area contributed by atoms with Crippen LogP contribution in [0.25, 0.3) is 0 Å². The van der Waals surface area contributed by atoms with Gasteiger partial charge in [-0.05, 0) is 32.1 Å². The van der Waals surface area contributed by atoms with Crippen molar-refractivity contribution in [3.05, 3.63) is 0 Å². The Kier molecular flexibility index (Phi) is 6.74. The second-order valence-corrected chi connectivity index (χ2v) is 6.64. The smallest absolute Gasteiger partial charge is 0.305 e. The van der Waals surface area contributed by atoms with Gasteiger partial charge in [-0.1, -0.05) is 6.92 Å². The largest absolute Gasteiger partial charge is 0.466 e. The summed E-state index contributed by atoms with van der Waals surface area (Å²) in [5, 5.41) is 0. The first-order chi connectivity index (χ1) is 8.95. The zero-order valence-corrected chi connectivity index (χ0v) is 12.5. The number of hydrogen-bond donors (Lipinski definition) is 1. The molecule has 1 heterocycles. The van der Waals surface area contributed by atoms with Gasteiger partial charge in [0.15, 0.2) is 0 Å². The van der Waals surface area contributed by atoms with Crippen LogP contribution in [0, 0.1) is 5.92 Å². The summed E-state index contributed by atoms with van der Waals surface area (Å²) in [7, 11) is -3.39. The Bertz CT molecular complexity index is 375. The van der Waals surface area contributed by atoms with Crippen LogP contribution in [-0.2, 0) is 19.7 Å². The highest BCUT2D eigenvalue weighted by Crippen LogP contribution is 2.17. The van der Waals surface area contributed by atoms with E-state index in [-0.39, 0.29) is 18.9 Å². The molecule has 1 aliphatic rings. The molecule has 0 aromatic rings. The Morgan fingerprint density at radius 1 is 1.37 bits per heavy atom.